The fourth-order valence-electron chi connectivity index (χ4n) is 1.17. The first-order valence-corrected chi connectivity index (χ1v) is 4.84. The van der Waals surface area contributed by atoms with Gasteiger partial charge in [0, 0.05) is 23.4 Å². The van der Waals surface area contributed by atoms with Crippen LogP contribution in [0.15, 0.2) is 16.7 Å². The van der Waals surface area contributed by atoms with Crippen LogP contribution in [-0.2, 0) is 13.5 Å². The lowest BCUT2D eigenvalue weighted by Crippen LogP contribution is -1.95. The molecule has 1 rings (SSSR count). The third-order valence-electron chi connectivity index (χ3n) is 1.91. The smallest absolute Gasteiger partial charge is 0.0384 e. The van der Waals surface area contributed by atoms with E-state index in [-0.39, 0.29) is 0 Å². The van der Waals surface area contributed by atoms with Crippen molar-refractivity contribution in [1.82, 2.24) is 4.57 Å². The third-order valence-corrected chi connectivity index (χ3v) is 2.64. The standard InChI is InChI=1S/C9H14BrN/c1-3-4-5-9-8(10)6-7-11(9)2/h6-7H,3-5H2,1-2H3. The quantitative estimate of drug-likeness (QED) is 0.731. The number of unbranched alkanes of at least 4 members (excludes halogenated alkanes) is 1. The van der Waals surface area contributed by atoms with E-state index in [1.807, 2.05) is 0 Å². The molecular formula is C9H14BrN. The van der Waals surface area contributed by atoms with Crippen LogP contribution in [0.1, 0.15) is 25.5 Å². The van der Waals surface area contributed by atoms with Crippen LogP contribution in [0.5, 0.6) is 0 Å². The molecule has 0 aliphatic rings. The van der Waals surface area contributed by atoms with Gasteiger partial charge < -0.3 is 4.57 Å². The Morgan fingerprint density at radius 3 is 2.73 bits per heavy atom. The Morgan fingerprint density at radius 2 is 2.27 bits per heavy atom. The van der Waals surface area contributed by atoms with Crippen molar-refractivity contribution in [2.24, 2.45) is 7.05 Å². The number of hydrogen-bond acceptors (Lipinski definition) is 0. The summed E-state index contributed by atoms with van der Waals surface area (Å²) in [5.41, 5.74) is 1.41. The largest absolute Gasteiger partial charge is 0.353 e. The van der Waals surface area contributed by atoms with E-state index in [0.717, 1.165) is 0 Å². The topological polar surface area (TPSA) is 4.93 Å². The van der Waals surface area contributed by atoms with Gasteiger partial charge in [0.05, 0.1) is 0 Å². The maximum absolute atomic E-state index is 3.53. The predicted octanol–water partition coefficient (Wildman–Crippen LogP) is 3.13. The van der Waals surface area contributed by atoms with Crippen molar-refractivity contribution in [3.05, 3.63) is 22.4 Å². The number of aryl methyl sites for hydroxylation is 1. The molecule has 1 heterocycles. The normalized spacial score (nSPS) is 10.5. The minimum atomic E-state index is 1.18. The zero-order chi connectivity index (χ0) is 8.27. The van der Waals surface area contributed by atoms with Gasteiger partial charge in [0.2, 0.25) is 0 Å². The first kappa shape index (κ1) is 8.85. The van der Waals surface area contributed by atoms with Gasteiger partial charge in [-0.3, -0.25) is 0 Å². The fraction of sp³-hybridized carbons (Fsp3) is 0.556. The lowest BCUT2D eigenvalue weighted by atomic mass is 10.2. The van der Waals surface area contributed by atoms with Crippen molar-refractivity contribution in [3.63, 3.8) is 0 Å². The molecule has 0 fully saturated rings. The minimum absolute atomic E-state index is 1.18. The van der Waals surface area contributed by atoms with E-state index in [9.17, 15) is 0 Å². The van der Waals surface area contributed by atoms with E-state index >= 15 is 0 Å². The van der Waals surface area contributed by atoms with Gasteiger partial charge in [0.15, 0.2) is 0 Å². The van der Waals surface area contributed by atoms with Crippen molar-refractivity contribution in [2.45, 2.75) is 26.2 Å². The van der Waals surface area contributed by atoms with Gasteiger partial charge in [-0.2, -0.15) is 0 Å². The minimum Gasteiger partial charge on any atom is -0.353 e. The second-order valence-electron chi connectivity index (χ2n) is 2.82. The zero-order valence-electron chi connectivity index (χ0n) is 7.10. The Balaban J connectivity index is 2.67. The molecule has 1 aromatic heterocycles. The molecule has 0 unspecified atom stereocenters. The molecule has 2 heteroatoms. The highest BCUT2D eigenvalue weighted by Gasteiger charge is 2.01. The monoisotopic (exact) mass is 215 g/mol. The maximum Gasteiger partial charge on any atom is 0.0384 e. The summed E-state index contributed by atoms with van der Waals surface area (Å²) in [5, 5.41) is 0. The van der Waals surface area contributed by atoms with E-state index in [0.29, 0.717) is 0 Å². The Kier molecular flexibility index (Phi) is 3.18. The summed E-state index contributed by atoms with van der Waals surface area (Å²) < 4.78 is 3.42. The van der Waals surface area contributed by atoms with Gasteiger partial charge in [-0.1, -0.05) is 13.3 Å². The van der Waals surface area contributed by atoms with Crippen molar-refractivity contribution >= 4 is 15.9 Å². The summed E-state index contributed by atoms with van der Waals surface area (Å²) in [4.78, 5) is 0. The van der Waals surface area contributed by atoms with Crippen molar-refractivity contribution in [3.8, 4) is 0 Å². The van der Waals surface area contributed by atoms with Crippen molar-refractivity contribution < 1.29 is 0 Å². The molecule has 1 nitrogen and oxygen atoms in total. The molecule has 0 bridgehead atoms. The predicted molar refractivity (Wildman–Crippen MR) is 51.7 cm³/mol. The molecule has 0 aliphatic heterocycles. The molecule has 0 atom stereocenters. The van der Waals surface area contributed by atoms with Crippen LogP contribution < -0.4 is 0 Å². The van der Waals surface area contributed by atoms with Crippen LogP contribution in [0.4, 0.5) is 0 Å². The Labute approximate surface area is 76.5 Å². The highest BCUT2D eigenvalue weighted by molar-refractivity contribution is 9.10. The Hall–Kier alpha value is -0.240. The number of aromatic nitrogens is 1. The van der Waals surface area contributed by atoms with Crippen LogP contribution >= 0.6 is 15.9 Å². The van der Waals surface area contributed by atoms with Gasteiger partial charge in [0.1, 0.15) is 0 Å². The molecule has 0 N–H and O–H groups in total. The molecule has 0 amide bonds. The van der Waals surface area contributed by atoms with Gasteiger partial charge in [-0.15, -0.1) is 0 Å². The molecule has 1 aromatic rings. The molecule has 0 saturated heterocycles. The highest BCUT2D eigenvalue weighted by Crippen LogP contribution is 2.18. The van der Waals surface area contributed by atoms with E-state index in [1.54, 1.807) is 0 Å². The summed E-state index contributed by atoms with van der Waals surface area (Å²) in [5.74, 6) is 0. The van der Waals surface area contributed by atoms with Crippen LogP contribution in [-0.4, -0.2) is 4.57 Å². The summed E-state index contributed by atoms with van der Waals surface area (Å²) in [6.07, 6.45) is 5.81. The molecule has 62 valence electrons. The maximum atomic E-state index is 3.53. The van der Waals surface area contributed by atoms with Gasteiger partial charge >= 0.3 is 0 Å². The van der Waals surface area contributed by atoms with E-state index in [4.69, 9.17) is 0 Å². The SMILES string of the molecule is CCCCc1c(Br)ccn1C. The average Bonchev–Trinajstić information content (AvgIpc) is 2.29. The summed E-state index contributed by atoms with van der Waals surface area (Å²) >= 11 is 3.53. The molecule has 0 aromatic carbocycles. The van der Waals surface area contributed by atoms with Crippen LogP contribution in [0.2, 0.25) is 0 Å². The van der Waals surface area contributed by atoms with Crippen LogP contribution in [0, 0.1) is 0 Å². The Morgan fingerprint density at radius 1 is 1.55 bits per heavy atom. The fourth-order valence-corrected chi connectivity index (χ4v) is 1.77. The summed E-state index contributed by atoms with van der Waals surface area (Å²) in [6.45, 7) is 2.22. The average molecular weight is 216 g/mol. The van der Waals surface area contributed by atoms with Gasteiger partial charge in [0.25, 0.3) is 0 Å². The molecule has 0 spiro atoms. The number of hydrogen-bond donors (Lipinski definition) is 0. The van der Waals surface area contributed by atoms with E-state index in [2.05, 4.69) is 46.7 Å². The van der Waals surface area contributed by atoms with E-state index < -0.39 is 0 Å². The first-order valence-electron chi connectivity index (χ1n) is 4.05. The lowest BCUT2D eigenvalue weighted by Gasteiger charge is -2.02. The zero-order valence-corrected chi connectivity index (χ0v) is 8.69. The molecule has 0 saturated carbocycles. The van der Waals surface area contributed by atoms with Crippen LogP contribution in [0.25, 0.3) is 0 Å². The van der Waals surface area contributed by atoms with Gasteiger partial charge in [-0.05, 0) is 34.8 Å². The lowest BCUT2D eigenvalue weighted by molar-refractivity contribution is 0.730. The van der Waals surface area contributed by atoms with E-state index in [1.165, 1.54) is 29.4 Å². The number of rotatable bonds is 3. The van der Waals surface area contributed by atoms with Crippen LogP contribution in [0.3, 0.4) is 0 Å². The highest BCUT2D eigenvalue weighted by atomic mass is 79.9. The number of nitrogens with zero attached hydrogens (tertiary/aromatic N) is 1. The molecule has 0 aliphatic carbocycles. The first-order chi connectivity index (χ1) is 5.25. The van der Waals surface area contributed by atoms with Gasteiger partial charge in [-0.25, -0.2) is 0 Å². The Bertz CT molecular complexity index is 208. The molecule has 0 radical (unpaired) electrons. The van der Waals surface area contributed by atoms with Crippen molar-refractivity contribution in [1.29, 1.82) is 0 Å². The molecule has 11 heavy (non-hydrogen) atoms. The second kappa shape index (κ2) is 3.96. The third kappa shape index (κ3) is 2.09. The summed E-state index contributed by atoms with van der Waals surface area (Å²) in [6, 6.07) is 2.10. The summed E-state index contributed by atoms with van der Waals surface area (Å²) in [7, 11) is 2.09. The second-order valence-corrected chi connectivity index (χ2v) is 3.68. The van der Waals surface area contributed by atoms with Crippen molar-refractivity contribution in [2.75, 3.05) is 0 Å². The number of halogens is 1. The molecular weight excluding hydrogens is 202 g/mol.